The molecule has 2 aromatic heterocycles. The molecule has 0 spiro atoms. The number of aryl methyl sites for hydroxylation is 1. The second-order valence-electron chi connectivity index (χ2n) is 6.79. The molecule has 0 N–H and O–H groups in total. The number of benzene rings is 2. The normalized spacial score (nSPS) is 10.8. The number of aromatic nitrogens is 5. The fourth-order valence-corrected chi connectivity index (χ4v) is 3.15. The summed E-state index contributed by atoms with van der Waals surface area (Å²) >= 11 is 0. The molecule has 0 saturated heterocycles. The van der Waals surface area contributed by atoms with Crippen LogP contribution in [-0.2, 0) is 6.54 Å². The van der Waals surface area contributed by atoms with Crippen molar-refractivity contribution in [1.29, 1.82) is 0 Å². The van der Waals surface area contributed by atoms with Gasteiger partial charge in [-0.15, -0.1) is 5.10 Å². The molecule has 6 nitrogen and oxygen atoms in total. The van der Waals surface area contributed by atoms with Gasteiger partial charge in [-0.2, -0.15) is 0 Å². The van der Waals surface area contributed by atoms with Crippen molar-refractivity contribution in [2.75, 3.05) is 6.61 Å². The minimum absolute atomic E-state index is 0.634. The summed E-state index contributed by atoms with van der Waals surface area (Å²) in [6, 6.07) is 24.7. The Morgan fingerprint density at radius 3 is 2.24 bits per heavy atom. The van der Waals surface area contributed by atoms with Gasteiger partial charge in [-0.25, -0.2) is 9.67 Å². The highest BCUT2D eigenvalue weighted by Crippen LogP contribution is 2.28. The summed E-state index contributed by atoms with van der Waals surface area (Å²) in [6.45, 7) is 1.46. The molecule has 4 rings (SSSR count). The summed E-state index contributed by atoms with van der Waals surface area (Å²) in [4.78, 5) is 4.73. The molecule has 0 aliphatic heterocycles. The molecule has 4 aromatic rings. The van der Waals surface area contributed by atoms with Crippen LogP contribution >= 0.6 is 0 Å². The van der Waals surface area contributed by atoms with Gasteiger partial charge in [0.1, 0.15) is 6.33 Å². The van der Waals surface area contributed by atoms with E-state index in [1.54, 1.807) is 11.0 Å². The lowest BCUT2D eigenvalue weighted by atomic mass is 10.0. The van der Waals surface area contributed by atoms with Gasteiger partial charge in [0, 0.05) is 18.2 Å². The molecule has 0 amide bonds. The van der Waals surface area contributed by atoms with Crippen molar-refractivity contribution in [3.05, 3.63) is 79.1 Å². The fourth-order valence-electron chi connectivity index (χ4n) is 3.15. The molecule has 0 fully saturated rings. The van der Waals surface area contributed by atoms with E-state index in [4.69, 9.17) is 9.72 Å². The van der Waals surface area contributed by atoms with E-state index in [1.807, 2.05) is 42.5 Å². The van der Waals surface area contributed by atoms with Crippen molar-refractivity contribution < 1.29 is 4.74 Å². The molecular weight excluding hydrogens is 362 g/mol. The minimum Gasteiger partial charge on any atom is -0.478 e. The largest absolute Gasteiger partial charge is 0.478 e. The second kappa shape index (κ2) is 9.59. The highest BCUT2D eigenvalue weighted by Gasteiger charge is 2.08. The number of hydrogen-bond acceptors (Lipinski definition) is 5. The zero-order valence-corrected chi connectivity index (χ0v) is 16.2. The molecule has 0 aliphatic carbocycles. The third kappa shape index (κ3) is 5.25. The molecule has 2 heterocycles. The average Bonchev–Trinajstić information content (AvgIpc) is 3.31. The third-order valence-corrected chi connectivity index (χ3v) is 4.65. The average molecular weight is 385 g/mol. The maximum absolute atomic E-state index is 6.01. The Kier molecular flexibility index (Phi) is 6.22. The summed E-state index contributed by atoms with van der Waals surface area (Å²) in [5, 5.41) is 11.2. The van der Waals surface area contributed by atoms with Crippen molar-refractivity contribution in [3.63, 3.8) is 0 Å². The van der Waals surface area contributed by atoms with E-state index in [0.717, 1.165) is 48.2 Å². The van der Waals surface area contributed by atoms with E-state index < -0.39 is 0 Å². The first-order valence-corrected chi connectivity index (χ1v) is 9.85. The maximum atomic E-state index is 6.01. The number of pyridine rings is 1. The predicted octanol–water partition coefficient (Wildman–Crippen LogP) is 4.65. The van der Waals surface area contributed by atoms with Crippen LogP contribution in [0.3, 0.4) is 0 Å². The molecule has 0 unspecified atom stereocenters. The minimum atomic E-state index is 0.634. The molecule has 146 valence electrons. The van der Waals surface area contributed by atoms with Crippen LogP contribution in [0, 0.1) is 0 Å². The van der Waals surface area contributed by atoms with Crippen molar-refractivity contribution in [1.82, 2.24) is 25.2 Å². The molecule has 0 aliphatic rings. The first-order valence-electron chi connectivity index (χ1n) is 9.85. The molecule has 6 heteroatoms. The van der Waals surface area contributed by atoms with Gasteiger partial charge in [0.2, 0.25) is 5.88 Å². The summed E-state index contributed by atoms with van der Waals surface area (Å²) in [6.07, 6.45) is 4.66. The van der Waals surface area contributed by atoms with Crippen molar-refractivity contribution in [2.24, 2.45) is 0 Å². The number of tetrazole rings is 1. The molecule has 0 radical (unpaired) electrons. The van der Waals surface area contributed by atoms with Gasteiger partial charge in [0.15, 0.2) is 0 Å². The Bertz CT molecular complexity index is 946. The highest BCUT2D eigenvalue weighted by atomic mass is 16.5. The number of nitrogens with zero attached hydrogens (tertiary/aromatic N) is 5. The predicted molar refractivity (Wildman–Crippen MR) is 112 cm³/mol. The van der Waals surface area contributed by atoms with E-state index in [9.17, 15) is 0 Å². The van der Waals surface area contributed by atoms with E-state index in [-0.39, 0.29) is 0 Å². The monoisotopic (exact) mass is 385 g/mol. The number of ether oxygens (including phenoxy) is 1. The van der Waals surface area contributed by atoms with Gasteiger partial charge in [0.05, 0.1) is 12.3 Å². The third-order valence-electron chi connectivity index (χ3n) is 4.65. The van der Waals surface area contributed by atoms with Crippen LogP contribution in [0.1, 0.15) is 19.3 Å². The van der Waals surface area contributed by atoms with Gasteiger partial charge < -0.3 is 4.74 Å². The molecule has 2 aromatic carbocycles. The first kappa shape index (κ1) is 18.8. The quantitative estimate of drug-likeness (QED) is 0.392. The van der Waals surface area contributed by atoms with Crippen molar-refractivity contribution in [3.8, 4) is 28.3 Å². The Morgan fingerprint density at radius 1 is 0.759 bits per heavy atom. The Morgan fingerprint density at radius 2 is 1.52 bits per heavy atom. The maximum Gasteiger partial charge on any atom is 0.214 e. The number of rotatable bonds is 9. The van der Waals surface area contributed by atoms with E-state index in [1.165, 1.54) is 0 Å². The number of unbranched alkanes of at least 4 members (excludes halogenated alkanes) is 2. The zero-order valence-electron chi connectivity index (χ0n) is 16.2. The molecular formula is C23H23N5O. The Labute approximate surface area is 170 Å². The Hall–Kier alpha value is -3.54. The van der Waals surface area contributed by atoms with Crippen molar-refractivity contribution >= 4 is 0 Å². The zero-order chi connectivity index (χ0) is 19.7. The van der Waals surface area contributed by atoms with Gasteiger partial charge in [0.25, 0.3) is 0 Å². The van der Waals surface area contributed by atoms with Crippen LogP contribution in [0.5, 0.6) is 5.88 Å². The highest BCUT2D eigenvalue weighted by molar-refractivity contribution is 5.71. The number of hydrogen-bond donors (Lipinski definition) is 0. The van der Waals surface area contributed by atoms with Crippen LogP contribution in [0.25, 0.3) is 22.4 Å². The van der Waals surface area contributed by atoms with Crippen LogP contribution in [-0.4, -0.2) is 31.8 Å². The molecule has 0 atom stereocenters. The summed E-state index contributed by atoms with van der Waals surface area (Å²) in [5.74, 6) is 0.658. The summed E-state index contributed by atoms with van der Waals surface area (Å²) < 4.78 is 7.76. The smallest absolute Gasteiger partial charge is 0.214 e. The molecule has 0 bridgehead atoms. The molecule has 29 heavy (non-hydrogen) atoms. The van der Waals surface area contributed by atoms with E-state index in [2.05, 4.69) is 45.9 Å². The lowest BCUT2D eigenvalue weighted by Gasteiger charge is -2.11. The van der Waals surface area contributed by atoms with Crippen molar-refractivity contribution in [2.45, 2.75) is 25.8 Å². The van der Waals surface area contributed by atoms with E-state index >= 15 is 0 Å². The van der Waals surface area contributed by atoms with Gasteiger partial charge in [-0.05, 0) is 46.9 Å². The van der Waals surface area contributed by atoms with E-state index in [0.29, 0.717) is 12.5 Å². The van der Waals surface area contributed by atoms with Gasteiger partial charge in [-0.1, -0.05) is 60.7 Å². The van der Waals surface area contributed by atoms with Gasteiger partial charge in [-0.3, -0.25) is 0 Å². The fraction of sp³-hybridized carbons (Fsp3) is 0.217. The lowest BCUT2D eigenvalue weighted by Crippen LogP contribution is -2.03. The summed E-state index contributed by atoms with van der Waals surface area (Å²) in [5.41, 5.74) is 4.25. The SMILES string of the molecule is c1ccc(-c2cc(OCCCCCn3cnnn3)nc(-c3ccccc3)c2)cc1. The van der Waals surface area contributed by atoms with Gasteiger partial charge >= 0.3 is 0 Å². The molecule has 0 saturated carbocycles. The second-order valence-corrected chi connectivity index (χ2v) is 6.79. The Balaban J connectivity index is 1.42. The lowest BCUT2D eigenvalue weighted by molar-refractivity contribution is 0.292. The summed E-state index contributed by atoms with van der Waals surface area (Å²) in [7, 11) is 0. The van der Waals surface area contributed by atoms with Crippen LogP contribution in [0.15, 0.2) is 79.1 Å². The van der Waals surface area contributed by atoms with Crippen LogP contribution in [0.2, 0.25) is 0 Å². The first-order chi connectivity index (χ1) is 14.4. The van der Waals surface area contributed by atoms with Crippen LogP contribution in [0.4, 0.5) is 0 Å². The standard InChI is InChI=1S/C23H23N5O/c1-4-10-19(11-5-1)21-16-22(20-12-6-2-7-13-20)25-23(17-21)29-15-9-3-8-14-28-18-24-26-27-28/h1-2,4-7,10-13,16-18H,3,8-9,14-15H2. The topological polar surface area (TPSA) is 65.7 Å². The van der Waals surface area contributed by atoms with Crippen LogP contribution < -0.4 is 4.74 Å².